The number of thioether (sulfide) groups is 1. The Kier molecular flexibility index (Phi) is 5.76. The monoisotopic (exact) mass is 355 g/mol. The Balaban J connectivity index is 1.70. The van der Waals surface area contributed by atoms with Crippen molar-refractivity contribution in [2.24, 2.45) is 0 Å². The number of carbonyl (C=O) groups is 2. The molecule has 0 aromatic heterocycles. The second-order valence-corrected chi connectivity index (χ2v) is 7.02. The Morgan fingerprint density at radius 3 is 2.68 bits per heavy atom. The molecule has 0 bridgehead atoms. The van der Waals surface area contributed by atoms with Crippen molar-refractivity contribution in [2.45, 2.75) is 24.2 Å². The summed E-state index contributed by atoms with van der Waals surface area (Å²) in [5.74, 6) is 0.503. The molecule has 1 aliphatic heterocycles. The van der Waals surface area contributed by atoms with Crippen LogP contribution in [0.3, 0.4) is 0 Å². The highest BCUT2D eigenvalue weighted by Crippen LogP contribution is 2.31. The number of fused-ring (bicyclic) bond motifs is 1. The first-order valence-corrected chi connectivity index (χ1v) is 9.37. The van der Waals surface area contributed by atoms with Crippen LogP contribution in [0, 0.1) is 0 Å². The summed E-state index contributed by atoms with van der Waals surface area (Å²) in [6.07, 6.45) is 2.13. The van der Waals surface area contributed by atoms with Crippen LogP contribution in [0.5, 0.6) is 0 Å². The van der Waals surface area contributed by atoms with Gasteiger partial charge >= 0.3 is 5.97 Å². The quantitative estimate of drug-likeness (QED) is 0.602. The SMILES string of the molecule is COC(=O)c1cccc2c1CCCN2C(=O)CCSc1ccccc1. The third-order valence-corrected chi connectivity index (χ3v) is 5.30. The van der Waals surface area contributed by atoms with Crippen LogP contribution in [-0.4, -0.2) is 31.3 Å². The molecule has 0 radical (unpaired) electrons. The summed E-state index contributed by atoms with van der Waals surface area (Å²) in [4.78, 5) is 27.6. The van der Waals surface area contributed by atoms with Gasteiger partial charge in [-0.05, 0) is 42.7 Å². The molecule has 2 aromatic rings. The molecule has 1 aliphatic rings. The van der Waals surface area contributed by atoms with Gasteiger partial charge in [-0.1, -0.05) is 24.3 Å². The predicted octanol–water partition coefficient (Wildman–Crippen LogP) is 3.93. The molecule has 0 saturated heterocycles. The van der Waals surface area contributed by atoms with Crippen LogP contribution >= 0.6 is 11.8 Å². The number of hydrogen-bond donors (Lipinski definition) is 0. The third-order valence-electron chi connectivity index (χ3n) is 4.28. The lowest BCUT2D eigenvalue weighted by Gasteiger charge is -2.30. The van der Waals surface area contributed by atoms with Crippen LogP contribution in [0.1, 0.15) is 28.8 Å². The molecule has 2 aromatic carbocycles. The zero-order valence-corrected chi connectivity index (χ0v) is 15.1. The van der Waals surface area contributed by atoms with Crippen LogP contribution in [0.15, 0.2) is 53.4 Å². The fraction of sp³-hybridized carbons (Fsp3) is 0.300. The number of carbonyl (C=O) groups excluding carboxylic acids is 2. The Bertz CT molecular complexity index is 761. The van der Waals surface area contributed by atoms with Crippen molar-refractivity contribution >= 4 is 29.3 Å². The maximum Gasteiger partial charge on any atom is 0.338 e. The summed E-state index contributed by atoms with van der Waals surface area (Å²) in [6.45, 7) is 0.701. The highest BCUT2D eigenvalue weighted by atomic mass is 32.2. The third kappa shape index (κ3) is 4.04. The van der Waals surface area contributed by atoms with Crippen molar-refractivity contribution in [3.63, 3.8) is 0 Å². The molecule has 0 aliphatic carbocycles. The summed E-state index contributed by atoms with van der Waals surface area (Å²) in [6, 6.07) is 15.6. The van der Waals surface area contributed by atoms with E-state index in [1.807, 2.05) is 47.4 Å². The zero-order valence-electron chi connectivity index (χ0n) is 14.2. The van der Waals surface area contributed by atoms with E-state index in [1.165, 1.54) is 12.0 Å². The average molecular weight is 355 g/mol. The average Bonchev–Trinajstić information content (AvgIpc) is 2.67. The van der Waals surface area contributed by atoms with Gasteiger partial charge in [-0.3, -0.25) is 4.79 Å². The minimum Gasteiger partial charge on any atom is -0.465 e. The first kappa shape index (κ1) is 17.5. The predicted molar refractivity (Wildman–Crippen MR) is 100 cm³/mol. The van der Waals surface area contributed by atoms with Gasteiger partial charge < -0.3 is 9.64 Å². The molecular weight excluding hydrogens is 334 g/mol. The number of methoxy groups -OCH3 is 1. The molecule has 5 heteroatoms. The lowest BCUT2D eigenvalue weighted by atomic mass is 9.96. The van der Waals surface area contributed by atoms with Crippen molar-refractivity contribution in [3.8, 4) is 0 Å². The molecule has 25 heavy (non-hydrogen) atoms. The van der Waals surface area contributed by atoms with Crippen LogP contribution in [0.25, 0.3) is 0 Å². The first-order valence-electron chi connectivity index (χ1n) is 8.39. The second kappa shape index (κ2) is 8.21. The van der Waals surface area contributed by atoms with E-state index in [1.54, 1.807) is 17.8 Å². The highest BCUT2D eigenvalue weighted by molar-refractivity contribution is 7.99. The number of nitrogens with zero attached hydrogens (tertiary/aromatic N) is 1. The van der Waals surface area contributed by atoms with Crippen LogP contribution in [-0.2, 0) is 16.0 Å². The van der Waals surface area contributed by atoms with Gasteiger partial charge in [-0.25, -0.2) is 4.79 Å². The lowest BCUT2D eigenvalue weighted by Crippen LogP contribution is -2.36. The lowest BCUT2D eigenvalue weighted by molar-refractivity contribution is -0.118. The molecule has 0 spiro atoms. The maximum atomic E-state index is 12.7. The summed E-state index contributed by atoms with van der Waals surface area (Å²) >= 11 is 1.68. The fourth-order valence-electron chi connectivity index (χ4n) is 3.09. The van der Waals surface area contributed by atoms with Gasteiger partial charge in [0.2, 0.25) is 5.91 Å². The van der Waals surface area contributed by atoms with Crippen LogP contribution in [0.4, 0.5) is 5.69 Å². The van der Waals surface area contributed by atoms with Crippen LogP contribution < -0.4 is 4.90 Å². The zero-order chi connectivity index (χ0) is 17.6. The molecule has 0 unspecified atom stereocenters. The van der Waals surface area contributed by atoms with Gasteiger partial charge in [0.15, 0.2) is 0 Å². The van der Waals surface area contributed by atoms with Gasteiger partial charge in [0.05, 0.1) is 12.7 Å². The number of esters is 1. The Hall–Kier alpha value is -2.27. The van der Waals surface area contributed by atoms with E-state index in [2.05, 4.69) is 0 Å². The number of ether oxygens (including phenoxy) is 1. The van der Waals surface area contributed by atoms with Crippen LogP contribution in [0.2, 0.25) is 0 Å². The number of benzene rings is 2. The van der Waals surface area contributed by atoms with Crippen molar-refractivity contribution in [2.75, 3.05) is 24.3 Å². The van der Waals surface area contributed by atoms with Crippen molar-refractivity contribution < 1.29 is 14.3 Å². The Morgan fingerprint density at radius 1 is 1.12 bits per heavy atom. The molecule has 0 N–H and O–H groups in total. The number of rotatable bonds is 5. The van der Waals surface area contributed by atoms with E-state index in [-0.39, 0.29) is 11.9 Å². The molecule has 0 atom stereocenters. The fourth-order valence-corrected chi connectivity index (χ4v) is 3.95. The molecule has 0 fully saturated rings. The summed E-state index contributed by atoms with van der Waals surface area (Å²) < 4.78 is 4.87. The van der Waals surface area contributed by atoms with E-state index >= 15 is 0 Å². The minimum atomic E-state index is -0.342. The largest absolute Gasteiger partial charge is 0.465 e. The van der Waals surface area contributed by atoms with Gasteiger partial charge in [0.25, 0.3) is 0 Å². The van der Waals surface area contributed by atoms with Gasteiger partial charge in [0.1, 0.15) is 0 Å². The number of hydrogen-bond acceptors (Lipinski definition) is 4. The Morgan fingerprint density at radius 2 is 1.92 bits per heavy atom. The topological polar surface area (TPSA) is 46.6 Å². The number of amides is 1. The molecule has 0 saturated carbocycles. The molecular formula is C20H21NO3S. The second-order valence-electron chi connectivity index (χ2n) is 5.86. The van der Waals surface area contributed by atoms with Gasteiger partial charge in [0, 0.05) is 29.3 Å². The summed E-state index contributed by atoms with van der Waals surface area (Å²) in [5, 5.41) is 0. The highest BCUT2D eigenvalue weighted by Gasteiger charge is 2.26. The van der Waals surface area contributed by atoms with Gasteiger partial charge in [-0.15, -0.1) is 11.8 Å². The number of anilines is 1. The summed E-state index contributed by atoms with van der Waals surface area (Å²) in [5.41, 5.74) is 2.34. The standard InChI is InChI=1S/C20H21NO3S/c1-24-20(23)17-9-5-11-18-16(17)10-6-13-21(18)19(22)12-14-25-15-7-3-2-4-8-15/h2-5,7-9,11H,6,10,12-14H2,1H3. The minimum absolute atomic E-state index is 0.103. The Labute approximate surface area is 152 Å². The summed E-state index contributed by atoms with van der Waals surface area (Å²) in [7, 11) is 1.38. The van der Waals surface area contributed by atoms with Gasteiger partial charge in [-0.2, -0.15) is 0 Å². The van der Waals surface area contributed by atoms with E-state index in [0.717, 1.165) is 29.8 Å². The maximum absolute atomic E-state index is 12.7. The van der Waals surface area contributed by atoms with Crippen molar-refractivity contribution in [1.82, 2.24) is 0 Å². The van der Waals surface area contributed by atoms with E-state index in [9.17, 15) is 9.59 Å². The van der Waals surface area contributed by atoms with E-state index in [0.29, 0.717) is 18.5 Å². The van der Waals surface area contributed by atoms with Crippen molar-refractivity contribution in [3.05, 3.63) is 59.7 Å². The molecule has 3 rings (SSSR count). The smallest absolute Gasteiger partial charge is 0.338 e. The molecule has 1 amide bonds. The van der Waals surface area contributed by atoms with E-state index in [4.69, 9.17) is 4.74 Å². The van der Waals surface area contributed by atoms with E-state index < -0.39 is 0 Å². The molecule has 1 heterocycles. The molecule has 4 nitrogen and oxygen atoms in total. The first-order chi connectivity index (χ1) is 12.2. The normalized spacial score (nSPS) is 13.2. The van der Waals surface area contributed by atoms with Crippen molar-refractivity contribution in [1.29, 1.82) is 0 Å². The molecule has 130 valence electrons.